The third kappa shape index (κ3) is 3.18. The number of carbonyl (C=O) groups excluding carboxylic acids is 1. The molecule has 1 fully saturated rings. The van der Waals surface area contributed by atoms with E-state index in [9.17, 15) is 18.4 Å². The Balaban J connectivity index is 2.17. The van der Waals surface area contributed by atoms with Crippen molar-refractivity contribution in [1.29, 1.82) is 0 Å². The predicted molar refractivity (Wildman–Crippen MR) is 70.2 cm³/mol. The monoisotopic (exact) mass is 299 g/mol. The fraction of sp³-hybridized carbons (Fsp3) is 0.429. The molecule has 114 valence electrons. The van der Waals surface area contributed by atoms with Gasteiger partial charge in [0.2, 0.25) is 5.91 Å². The number of amides is 1. The Labute approximate surface area is 119 Å². The van der Waals surface area contributed by atoms with Crippen LogP contribution in [0.25, 0.3) is 0 Å². The minimum Gasteiger partial charge on any atom is -0.478 e. The first-order valence-electron chi connectivity index (χ1n) is 6.44. The minimum atomic E-state index is -1.45. The van der Waals surface area contributed by atoms with E-state index in [0.29, 0.717) is 12.1 Å². The first-order valence-corrected chi connectivity index (χ1v) is 6.44. The van der Waals surface area contributed by atoms with Gasteiger partial charge >= 0.3 is 5.97 Å². The Morgan fingerprint density at radius 1 is 1.33 bits per heavy atom. The number of methoxy groups -OCH3 is 1. The first kappa shape index (κ1) is 15.4. The maximum Gasteiger partial charge on any atom is 0.337 e. The van der Waals surface area contributed by atoms with Crippen molar-refractivity contribution in [2.24, 2.45) is 0 Å². The van der Waals surface area contributed by atoms with Crippen LogP contribution in [0.1, 0.15) is 36.0 Å². The van der Waals surface area contributed by atoms with Crippen molar-refractivity contribution in [3.05, 3.63) is 29.3 Å². The number of aromatic carboxylic acids is 1. The van der Waals surface area contributed by atoms with Gasteiger partial charge in [-0.2, -0.15) is 0 Å². The molecule has 0 unspecified atom stereocenters. The van der Waals surface area contributed by atoms with Gasteiger partial charge in [0.25, 0.3) is 0 Å². The largest absolute Gasteiger partial charge is 0.478 e. The second kappa shape index (κ2) is 5.77. The molecule has 1 aliphatic rings. The summed E-state index contributed by atoms with van der Waals surface area (Å²) in [5.41, 5.74) is -1.30. The lowest BCUT2D eigenvalue weighted by atomic mass is 9.77. The van der Waals surface area contributed by atoms with Gasteiger partial charge in [-0.05, 0) is 25.3 Å². The second-order valence-electron chi connectivity index (χ2n) is 5.08. The van der Waals surface area contributed by atoms with Crippen LogP contribution in [0.2, 0.25) is 0 Å². The van der Waals surface area contributed by atoms with Crippen molar-refractivity contribution < 1.29 is 28.2 Å². The molecule has 0 heterocycles. The summed E-state index contributed by atoms with van der Waals surface area (Å²) in [5.74, 6) is -4.45. The molecule has 0 atom stereocenters. The van der Waals surface area contributed by atoms with E-state index >= 15 is 0 Å². The summed E-state index contributed by atoms with van der Waals surface area (Å²) in [6, 6.07) is 1.21. The third-order valence-electron chi connectivity index (χ3n) is 3.75. The molecule has 5 nitrogen and oxygen atoms in total. The molecule has 2 rings (SSSR count). The standard InChI is InChI=1S/C14H15F2NO4/c1-21-14(3-2-4-14)7-12(18)17-11-6-10(16)9(15)5-8(11)13(19)20/h5-6H,2-4,7H2,1H3,(H,17,18)(H,19,20). The molecule has 0 bridgehead atoms. The Kier molecular flexibility index (Phi) is 4.22. The molecule has 0 spiro atoms. The number of carboxylic acids is 1. The average Bonchev–Trinajstić information content (AvgIpc) is 2.37. The molecule has 1 aromatic carbocycles. The van der Waals surface area contributed by atoms with Gasteiger partial charge in [-0.25, -0.2) is 13.6 Å². The van der Waals surface area contributed by atoms with E-state index in [1.54, 1.807) is 0 Å². The highest BCUT2D eigenvalue weighted by Crippen LogP contribution is 2.38. The number of carbonyl (C=O) groups is 2. The lowest BCUT2D eigenvalue weighted by Crippen LogP contribution is -2.42. The Bertz CT molecular complexity index is 579. The second-order valence-corrected chi connectivity index (χ2v) is 5.08. The number of carboxylic acid groups (broad SMARTS) is 1. The number of nitrogens with one attached hydrogen (secondary N) is 1. The fourth-order valence-electron chi connectivity index (χ4n) is 2.34. The summed E-state index contributed by atoms with van der Waals surface area (Å²) in [6.07, 6.45) is 2.47. The van der Waals surface area contributed by atoms with Gasteiger partial charge in [-0.1, -0.05) is 0 Å². The van der Waals surface area contributed by atoms with Crippen molar-refractivity contribution in [3.63, 3.8) is 0 Å². The molecule has 0 aliphatic heterocycles. The van der Waals surface area contributed by atoms with Gasteiger partial charge < -0.3 is 15.2 Å². The molecule has 1 aromatic rings. The Morgan fingerprint density at radius 2 is 1.95 bits per heavy atom. The highest BCUT2D eigenvalue weighted by molar-refractivity contribution is 6.00. The van der Waals surface area contributed by atoms with Gasteiger partial charge in [0, 0.05) is 13.2 Å². The summed E-state index contributed by atoms with van der Waals surface area (Å²) < 4.78 is 31.6. The van der Waals surface area contributed by atoms with Gasteiger partial charge in [0.1, 0.15) is 0 Å². The van der Waals surface area contributed by atoms with E-state index in [-0.39, 0.29) is 12.1 Å². The van der Waals surface area contributed by atoms with E-state index in [2.05, 4.69) is 5.32 Å². The predicted octanol–water partition coefficient (Wildman–Crippen LogP) is 2.56. The molecular formula is C14H15F2NO4. The van der Waals surface area contributed by atoms with Crippen molar-refractivity contribution in [2.75, 3.05) is 12.4 Å². The van der Waals surface area contributed by atoms with Crippen LogP contribution in [0.5, 0.6) is 0 Å². The van der Waals surface area contributed by atoms with Crippen LogP contribution >= 0.6 is 0 Å². The molecule has 21 heavy (non-hydrogen) atoms. The van der Waals surface area contributed by atoms with Crippen LogP contribution < -0.4 is 5.32 Å². The summed E-state index contributed by atoms with van der Waals surface area (Å²) in [7, 11) is 1.51. The Hall–Kier alpha value is -2.02. The number of ether oxygens (including phenoxy) is 1. The van der Waals surface area contributed by atoms with E-state index in [0.717, 1.165) is 19.3 Å². The highest BCUT2D eigenvalue weighted by Gasteiger charge is 2.39. The van der Waals surface area contributed by atoms with Crippen molar-refractivity contribution in [2.45, 2.75) is 31.3 Å². The third-order valence-corrected chi connectivity index (χ3v) is 3.75. The molecule has 7 heteroatoms. The minimum absolute atomic E-state index is 0.0432. The zero-order valence-electron chi connectivity index (χ0n) is 11.4. The first-order chi connectivity index (χ1) is 9.87. The van der Waals surface area contributed by atoms with Crippen molar-refractivity contribution >= 4 is 17.6 Å². The SMILES string of the molecule is COC1(CC(=O)Nc2cc(F)c(F)cc2C(=O)O)CCC1. The molecule has 0 saturated heterocycles. The van der Waals surface area contributed by atoms with E-state index < -0.39 is 34.7 Å². The number of rotatable bonds is 5. The smallest absolute Gasteiger partial charge is 0.337 e. The molecule has 1 saturated carbocycles. The summed E-state index contributed by atoms with van der Waals surface area (Å²) in [4.78, 5) is 23.0. The van der Waals surface area contributed by atoms with Gasteiger partial charge in [-0.15, -0.1) is 0 Å². The van der Waals surface area contributed by atoms with Gasteiger partial charge in [0.15, 0.2) is 11.6 Å². The number of anilines is 1. The van der Waals surface area contributed by atoms with E-state index in [4.69, 9.17) is 9.84 Å². The number of halogens is 2. The maximum absolute atomic E-state index is 13.2. The normalized spacial score (nSPS) is 16.1. The van der Waals surface area contributed by atoms with Crippen LogP contribution in [-0.2, 0) is 9.53 Å². The quantitative estimate of drug-likeness (QED) is 0.876. The summed E-state index contributed by atoms with van der Waals surface area (Å²) >= 11 is 0. The molecular weight excluding hydrogens is 284 g/mol. The average molecular weight is 299 g/mol. The maximum atomic E-state index is 13.2. The molecule has 1 aliphatic carbocycles. The summed E-state index contributed by atoms with van der Waals surface area (Å²) in [5, 5.41) is 11.3. The van der Waals surface area contributed by atoms with Crippen LogP contribution in [0.4, 0.5) is 14.5 Å². The van der Waals surface area contributed by atoms with Crippen molar-refractivity contribution in [1.82, 2.24) is 0 Å². The summed E-state index contributed by atoms with van der Waals surface area (Å²) in [6.45, 7) is 0. The van der Waals surface area contributed by atoms with Gasteiger partial charge in [-0.3, -0.25) is 4.79 Å². The topological polar surface area (TPSA) is 75.6 Å². The van der Waals surface area contributed by atoms with Crippen LogP contribution in [0, 0.1) is 11.6 Å². The molecule has 0 aromatic heterocycles. The number of hydrogen-bond acceptors (Lipinski definition) is 3. The van der Waals surface area contributed by atoms with Gasteiger partial charge in [0.05, 0.1) is 23.3 Å². The highest BCUT2D eigenvalue weighted by atomic mass is 19.2. The van der Waals surface area contributed by atoms with Crippen LogP contribution in [0.3, 0.4) is 0 Å². The molecule has 0 radical (unpaired) electrons. The Morgan fingerprint density at radius 3 is 2.43 bits per heavy atom. The van der Waals surface area contributed by atoms with E-state index in [1.807, 2.05) is 0 Å². The molecule has 1 amide bonds. The zero-order chi connectivity index (χ0) is 15.6. The fourth-order valence-corrected chi connectivity index (χ4v) is 2.34. The van der Waals surface area contributed by atoms with Crippen molar-refractivity contribution in [3.8, 4) is 0 Å². The zero-order valence-corrected chi connectivity index (χ0v) is 11.4. The molecule has 2 N–H and O–H groups in total. The lowest BCUT2D eigenvalue weighted by molar-refractivity contribution is -0.129. The van der Waals surface area contributed by atoms with Crippen LogP contribution in [-0.4, -0.2) is 29.7 Å². The number of hydrogen-bond donors (Lipinski definition) is 2. The van der Waals surface area contributed by atoms with Crippen LogP contribution in [0.15, 0.2) is 12.1 Å². The lowest BCUT2D eigenvalue weighted by Gasteiger charge is -2.39. The number of benzene rings is 1. The van der Waals surface area contributed by atoms with E-state index in [1.165, 1.54) is 7.11 Å².